The molecule has 0 bridgehead atoms. The molecule has 3 rings (SSSR count). The number of likely N-dealkylation sites (tertiary alicyclic amines) is 1. The Balaban J connectivity index is 1.50. The Morgan fingerprint density at radius 3 is 2.71 bits per heavy atom. The molecule has 0 saturated carbocycles. The summed E-state index contributed by atoms with van der Waals surface area (Å²) in [7, 11) is 1.65. The van der Waals surface area contributed by atoms with Gasteiger partial charge in [-0.15, -0.1) is 0 Å². The second-order valence-electron chi connectivity index (χ2n) is 7.23. The van der Waals surface area contributed by atoms with Crippen LogP contribution in [-0.4, -0.2) is 61.0 Å². The molecular weight excluding hydrogens is 354 g/mol. The number of pyridine rings is 1. The third kappa shape index (κ3) is 6.48. The number of aliphatic hydroxyl groups excluding tert-OH is 1. The summed E-state index contributed by atoms with van der Waals surface area (Å²) in [6.45, 7) is 4.67. The summed E-state index contributed by atoms with van der Waals surface area (Å²) in [5, 5.41) is 13.8. The fraction of sp³-hybridized carbons (Fsp3) is 0.500. The van der Waals surface area contributed by atoms with Crippen LogP contribution in [0.25, 0.3) is 0 Å². The number of hydrogen-bond acceptors (Lipinski definition) is 6. The maximum atomic E-state index is 10.3. The van der Waals surface area contributed by atoms with Gasteiger partial charge in [0.2, 0.25) is 0 Å². The zero-order valence-electron chi connectivity index (χ0n) is 16.6. The van der Waals surface area contributed by atoms with E-state index in [2.05, 4.69) is 15.2 Å². The largest absolute Gasteiger partial charge is 0.497 e. The summed E-state index contributed by atoms with van der Waals surface area (Å²) in [4.78, 5) is 6.34. The van der Waals surface area contributed by atoms with Gasteiger partial charge in [-0.05, 0) is 62.7 Å². The summed E-state index contributed by atoms with van der Waals surface area (Å²) in [6.07, 6.45) is 6.54. The van der Waals surface area contributed by atoms with E-state index < -0.39 is 6.10 Å². The molecule has 0 radical (unpaired) electrons. The van der Waals surface area contributed by atoms with Crippen LogP contribution >= 0.6 is 0 Å². The van der Waals surface area contributed by atoms with Crippen molar-refractivity contribution in [2.75, 3.05) is 39.9 Å². The molecule has 2 aromatic rings. The number of hydrogen-bond donors (Lipinski definition) is 2. The number of aromatic nitrogens is 1. The molecule has 1 aliphatic rings. The van der Waals surface area contributed by atoms with E-state index in [4.69, 9.17) is 9.47 Å². The lowest BCUT2D eigenvalue weighted by Crippen LogP contribution is -2.33. The molecule has 28 heavy (non-hydrogen) atoms. The highest BCUT2D eigenvalue weighted by molar-refractivity contribution is 5.40. The summed E-state index contributed by atoms with van der Waals surface area (Å²) in [5.74, 6) is 1.51. The van der Waals surface area contributed by atoms with Gasteiger partial charge in [0.1, 0.15) is 24.2 Å². The number of nitrogens with one attached hydrogen (secondary N) is 1. The van der Waals surface area contributed by atoms with E-state index in [0.29, 0.717) is 13.1 Å². The molecule has 6 heteroatoms. The Hall–Kier alpha value is -2.15. The predicted octanol–water partition coefficient (Wildman–Crippen LogP) is 2.26. The Labute approximate surface area is 167 Å². The molecular formula is C22H31N3O3. The Kier molecular flexibility index (Phi) is 8.08. The van der Waals surface area contributed by atoms with Crippen LogP contribution in [0.2, 0.25) is 0 Å². The minimum absolute atomic E-state index is 0.285. The number of rotatable bonds is 11. The van der Waals surface area contributed by atoms with Crippen LogP contribution in [0.4, 0.5) is 0 Å². The van der Waals surface area contributed by atoms with E-state index in [9.17, 15) is 5.11 Å². The van der Waals surface area contributed by atoms with Gasteiger partial charge >= 0.3 is 0 Å². The monoisotopic (exact) mass is 385 g/mol. The molecule has 1 aromatic carbocycles. The zero-order chi connectivity index (χ0) is 19.6. The van der Waals surface area contributed by atoms with Gasteiger partial charge in [-0.25, -0.2) is 0 Å². The first kappa shape index (κ1) is 20.6. The van der Waals surface area contributed by atoms with Gasteiger partial charge in [-0.3, -0.25) is 4.98 Å². The zero-order valence-corrected chi connectivity index (χ0v) is 16.6. The number of benzene rings is 1. The highest BCUT2D eigenvalue weighted by atomic mass is 16.5. The van der Waals surface area contributed by atoms with Gasteiger partial charge in [0.25, 0.3) is 0 Å². The quantitative estimate of drug-likeness (QED) is 0.579. The number of β-amino-alcohol motifs (C(OH)–C–C–N with tert-alkyl or cyclic N) is 1. The van der Waals surface area contributed by atoms with Crippen LogP contribution in [-0.2, 0) is 13.0 Å². The maximum absolute atomic E-state index is 10.3. The first-order valence-electron chi connectivity index (χ1n) is 10.0. The Morgan fingerprint density at radius 1 is 1.18 bits per heavy atom. The summed E-state index contributed by atoms with van der Waals surface area (Å²) < 4.78 is 11.3. The number of ether oxygens (including phenoxy) is 2. The second kappa shape index (κ2) is 11.0. The lowest BCUT2D eigenvalue weighted by molar-refractivity contribution is 0.0753. The first-order valence-corrected chi connectivity index (χ1v) is 10.0. The molecule has 0 aliphatic carbocycles. The molecule has 152 valence electrons. The van der Waals surface area contributed by atoms with Gasteiger partial charge in [0.15, 0.2) is 0 Å². The molecule has 1 aromatic heterocycles. The summed E-state index contributed by atoms with van der Waals surface area (Å²) in [6, 6.07) is 9.91. The van der Waals surface area contributed by atoms with Crippen LogP contribution < -0.4 is 14.8 Å². The third-order valence-corrected chi connectivity index (χ3v) is 5.03. The molecule has 6 nitrogen and oxygen atoms in total. The van der Waals surface area contributed by atoms with Crippen LogP contribution in [0.15, 0.2) is 42.7 Å². The van der Waals surface area contributed by atoms with Crippen molar-refractivity contribution in [3.63, 3.8) is 0 Å². The summed E-state index contributed by atoms with van der Waals surface area (Å²) in [5.41, 5.74) is 2.32. The topological polar surface area (TPSA) is 66.8 Å². The van der Waals surface area contributed by atoms with Crippen LogP contribution in [0.5, 0.6) is 11.5 Å². The molecule has 2 N–H and O–H groups in total. The van der Waals surface area contributed by atoms with Gasteiger partial charge in [0, 0.05) is 37.1 Å². The van der Waals surface area contributed by atoms with Crippen molar-refractivity contribution >= 4 is 0 Å². The molecule has 1 atom stereocenters. The fourth-order valence-electron chi connectivity index (χ4n) is 3.45. The van der Waals surface area contributed by atoms with Crippen molar-refractivity contribution < 1.29 is 14.6 Å². The third-order valence-electron chi connectivity index (χ3n) is 5.03. The normalized spacial score (nSPS) is 15.5. The average molecular weight is 386 g/mol. The second-order valence-corrected chi connectivity index (χ2v) is 7.23. The van der Waals surface area contributed by atoms with Gasteiger partial charge < -0.3 is 24.8 Å². The van der Waals surface area contributed by atoms with E-state index in [-0.39, 0.29) is 6.61 Å². The van der Waals surface area contributed by atoms with Crippen molar-refractivity contribution in [3.05, 3.63) is 53.9 Å². The molecule has 1 fully saturated rings. The highest BCUT2D eigenvalue weighted by Crippen LogP contribution is 2.25. The van der Waals surface area contributed by atoms with Crippen LogP contribution in [0.1, 0.15) is 24.0 Å². The molecule has 0 spiro atoms. The average Bonchev–Trinajstić information content (AvgIpc) is 3.24. The molecule has 1 aliphatic heterocycles. The van der Waals surface area contributed by atoms with Crippen molar-refractivity contribution in [1.82, 2.24) is 15.2 Å². The number of aliphatic hydroxyl groups is 1. The highest BCUT2D eigenvalue weighted by Gasteiger charge is 2.17. The predicted molar refractivity (Wildman–Crippen MR) is 110 cm³/mol. The number of methoxy groups -OCH3 is 1. The molecule has 1 saturated heterocycles. The van der Waals surface area contributed by atoms with E-state index in [1.807, 2.05) is 42.7 Å². The minimum atomic E-state index is -0.489. The van der Waals surface area contributed by atoms with Crippen molar-refractivity contribution in [3.8, 4) is 11.5 Å². The minimum Gasteiger partial charge on any atom is -0.497 e. The van der Waals surface area contributed by atoms with E-state index in [1.165, 1.54) is 18.4 Å². The van der Waals surface area contributed by atoms with E-state index in [0.717, 1.165) is 43.1 Å². The van der Waals surface area contributed by atoms with Gasteiger partial charge in [-0.1, -0.05) is 6.07 Å². The van der Waals surface area contributed by atoms with E-state index in [1.54, 1.807) is 7.11 Å². The van der Waals surface area contributed by atoms with Gasteiger partial charge in [0.05, 0.1) is 7.11 Å². The molecule has 1 unspecified atom stereocenters. The molecule has 2 heterocycles. The summed E-state index contributed by atoms with van der Waals surface area (Å²) >= 11 is 0. The van der Waals surface area contributed by atoms with Crippen molar-refractivity contribution in [2.24, 2.45) is 0 Å². The first-order chi connectivity index (χ1) is 13.7. The maximum Gasteiger partial charge on any atom is 0.127 e. The smallest absolute Gasteiger partial charge is 0.127 e. The van der Waals surface area contributed by atoms with Crippen LogP contribution in [0.3, 0.4) is 0 Å². The Morgan fingerprint density at radius 2 is 1.96 bits per heavy atom. The van der Waals surface area contributed by atoms with Crippen molar-refractivity contribution in [1.29, 1.82) is 0 Å². The number of nitrogens with zero attached hydrogens (tertiary/aromatic N) is 2. The lowest BCUT2D eigenvalue weighted by Gasteiger charge is -2.20. The van der Waals surface area contributed by atoms with Crippen molar-refractivity contribution in [2.45, 2.75) is 31.9 Å². The Bertz CT molecular complexity index is 705. The standard InChI is InChI=1S/C22H31N3O3/c1-27-21-5-4-19(15-24-11-8-18-6-9-23-10-7-18)22(14-21)28-17-20(26)16-25-12-2-3-13-25/h4-7,9-10,14,20,24,26H,2-3,8,11-13,15-17H2,1H3. The lowest BCUT2D eigenvalue weighted by atomic mass is 10.1. The SMILES string of the molecule is COc1ccc(CNCCc2ccncc2)c(OCC(O)CN2CCCC2)c1. The van der Waals surface area contributed by atoms with E-state index >= 15 is 0 Å². The van der Waals surface area contributed by atoms with Crippen LogP contribution in [0, 0.1) is 0 Å². The fourth-order valence-corrected chi connectivity index (χ4v) is 3.45. The molecule has 0 amide bonds. The van der Waals surface area contributed by atoms with Gasteiger partial charge in [-0.2, -0.15) is 0 Å².